The molecule has 2 rings (SSSR count). The molecule has 1 fully saturated rings. The molecule has 2 N–H and O–H groups in total. The minimum absolute atomic E-state index is 0.385. The van der Waals surface area contributed by atoms with Crippen molar-refractivity contribution in [2.45, 2.75) is 26.3 Å². The van der Waals surface area contributed by atoms with E-state index in [0.29, 0.717) is 6.04 Å². The lowest BCUT2D eigenvalue weighted by atomic mass is 10.1. The van der Waals surface area contributed by atoms with Crippen LogP contribution in [0.2, 0.25) is 0 Å². The Morgan fingerprint density at radius 3 is 2.83 bits per heavy atom. The van der Waals surface area contributed by atoms with Crippen LogP contribution in [-0.4, -0.2) is 47.6 Å². The van der Waals surface area contributed by atoms with Crippen molar-refractivity contribution in [2.75, 3.05) is 37.3 Å². The van der Waals surface area contributed by atoms with Crippen LogP contribution < -0.4 is 10.6 Å². The van der Waals surface area contributed by atoms with Gasteiger partial charge in [0.1, 0.15) is 18.0 Å². The maximum absolute atomic E-state index is 4.25. The van der Waals surface area contributed by atoms with Crippen LogP contribution in [0.5, 0.6) is 0 Å². The number of likely N-dealkylation sites (tertiary alicyclic amines) is 1. The molecule has 2 heterocycles. The molecule has 1 aliphatic rings. The molecule has 1 aliphatic heterocycles. The first kappa shape index (κ1) is 13.1. The maximum Gasteiger partial charge on any atom is 0.131 e. The smallest absolute Gasteiger partial charge is 0.131 e. The lowest BCUT2D eigenvalue weighted by Crippen LogP contribution is -2.19. The minimum Gasteiger partial charge on any atom is -0.370 e. The van der Waals surface area contributed by atoms with E-state index >= 15 is 0 Å². The summed E-state index contributed by atoms with van der Waals surface area (Å²) >= 11 is 0. The highest BCUT2D eigenvalue weighted by Gasteiger charge is 2.18. The monoisotopic (exact) mass is 249 g/mol. The van der Waals surface area contributed by atoms with Crippen LogP contribution in [0.25, 0.3) is 0 Å². The molecule has 5 heteroatoms. The second-order valence-electron chi connectivity index (χ2n) is 5.39. The number of hydrogen-bond donors (Lipinski definition) is 2. The minimum atomic E-state index is 0.385. The summed E-state index contributed by atoms with van der Waals surface area (Å²) in [5.41, 5.74) is 0. The van der Waals surface area contributed by atoms with Gasteiger partial charge in [0.15, 0.2) is 0 Å². The van der Waals surface area contributed by atoms with Gasteiger partial charge in [-0.25, -0.2) is 9.97 Å². The zero-order valence-electron chi connectivity index (χ0n) is 11.5. The first-order valence-electron chi connectivity index (χ1n) is 6.64. The Morgan fingerprint density at radius 1 is 1.39 bits per heavy atom. The van der Waals surface area contributed by atoms with E-state index in [9.17, 15) is 0 Å². The number of hydrogen-bond acceptors (Lipinski definition) is 5. The van der Waals surface area contributed by atoms with Crippen LogP contribution in [0.15, 0.2) is 12.4 Å². The third-order valence-corrected chi connectivity index (χ3v) is 3.16. The van der Waals surface area contributed by atoms with Gasteiger partial charge in [-0.05, 0) is 39.8 Å². The molecule has 100 valence electrons. The summed E-state index contributed by atoms with van der Waals surface area (Å²) in [6, 6.07) is 2.36. The molecule has 1 atom stereocenters. The van der Waals surface area contributed by atoms with Gasteiger partial charge in [-0.15, -0.1) is 0 Å². The average molecular weight is 249 g/mol. The lowest BCUT2D eigenvalue weighted by molar-refractivity contribution is 0.399. The summed E-state index contributed by atoms with van der Waals surface area (Å²) in [6.45, 7) is 7.57. The highest BCUT2D eigenvalue weighted by Crippen LogP contribution is 2.16. The van der Waals surface area contributed by atoms with Gasteiger partial charge in [0.2, 0.25) is 0 Å². The predicted molar refractivity (Wildman–Crippen MR) is 74.9 cm³/mol. The zero-order valence-corrected chi connectivity index (χ0v) is 11.5. The Hall–Kier alpha value is -1.36. The highest BCUT2D eigenvalue weighted by atomic mass is 15.1. The van der Waals surface area contributed by atoms with Gasteiger partial charge in [-0.2, -0.15) is 0 Å². The molecular formula is C13H23N5. The normalized spacial score (nSPS) is 20.3. The summed E-state index contributed by atoms with van der Waals surface area (Å²) in [4.78, 5) is 10.8. The van der Waals surface area contributed by atoms with Crippen LogP contribution in [-0.2, 0) is 0 Å². The van der Waals surface area contributed by atoms with Crippen molar-refractivity contribution in [3.8, 4) is 0 Å². The van der Waals surface area contributed by atoms with E-state index in [1.54, 1.807) is 6.33 Å². The molecule has 0 radical (unpaired) electrons. The highest BCUT2D eigenvalue weighted by molar-refractivity contribution is 5.46. The SMILES string of the molecule is CC(C)Nc1cc(NCC2CCN(C)C2)ncn1. The first-order valence-corrected chi connectivity index (χ1v) is 6.64. The number of rotatable bonds is 5. The number of aromatic nitrogens is 2. The topological polar surface area (TPSA) is 53.1 Å². The fourth-order valence-corrected chi connectivity index (χ4v) is 2.27. The van der Waals surface area contributed by atoms with E-state index < -0.39 is 0 Å². The van der Waals surface area contributed by atoms with Gasteiger partial charge in [0.05, 0.1) is 0 Å². The lowest BCUT2D eigenvalue weighted by Gasteiger charge is -2.13. The van der Waals surface area contributed by atoms with E-state index in [1.807, 2.05) is 6.07 Å². The third kappa shape index (κ3) is 3.84. The Morgan fingerprint density at radius 2 is 2.17 bits per heavy atom. The molecule has 0 aliphatic carbocycles. The average Bonchev–Trinajstić information content (AvgIpc) is 2.72. The van der Waals surface area contributed by atoms with E-state index in [-0.39, 0.29) is 0 Å². The second-order valence-corrected chi connectivity index (χ2v) is 5.39. The zero-order chi connectivity index (χ0) is 13.0. The molecule has 1 unspecified atom stereocenters. The van der Waals surface area contributed by atoms with Crippen molar-refractivity contribution in [1.29, 1.82) is 0 Å². The summed E-state index contributed by atoms with van der Waals surface area (Å²) in [6.07, 6.45) is 2.87. The molecule has 0 spiro atoms. The first-order chi connectivity index (χ1) is 8.63. The Balaban J connectivity index is 1.85. The summed E-state index contributed by atoms with van der Waals surface area (Å²) < 4.78 is 0. The second kappa shape index (κ2) is 6.00. The molecule has 18 heavy (non-hydrogen) atoms. The molecule has 1 aromatic rings. The van der Waals surface area contributed by atoms with E-state index in [1.165, 1.54) is 19.5 Å². The number of nitrogens with zero attached hydrogens (tertiary/aromatic N) is 3. The number of nitrogens with one attached hydrogen (secondary N) is 2. The van der Waals surface area contributed by atoms with E-state index in [0.717, 1.165) is 24.1 Å². The Labute approximate surface area is 109 Å². The van der Waals surface area contributed by atoms with Crippen LogP contribution >= 0.6 is 0 Å². The largest absolute Gasteiger partial charge is 0.370 e. The van der Waals surface area contributed by atoms with Crippen molar-refractivity contribution < 1.29 is 0 Å². The van der Waals surface area contributed by atoms with Crippen molar-refractivity contribution in [1.82, 2.24) is 14.9 Å². The standard InChI is InChI=1S/C13H23N5/c1-10(2)17-13-6-12(15-9-16-13)14-7-11-4-5-18(3)8-11/h6,9-11H,4-5,7-8H2,1-3H3,(H2,14,15,16,17). The van der Waals surface area contributed by atoms with Crippen molar-refractivity contribution in [3.05, 3.63) is 12.4 Å². The van der Waals surface area contributed by atoms with E-state index in [4.69, 9.17) is 0 Å². The van der Waals surface area contributed by atoms with Gasteiger partial charge in [0.25, 0.3) is 0 Å². The maximum atomic E-state index is 4.25. The molecule has 0 bridgehead atoms. The van der Waals surface area contributed by atoms with Crippen LogP contribution in [0, 0.1) is 5.92 Å². The third-order valence-electron chi connectivity index (χ3n) is 3.16. The van der Waals surface area contributed by atoms with Crippen LogP contribution in [0.3, 0.4) is 0 Å². The fraction of sp³-hybridized carbons (Fsp3) is 0.692. The van der Waals surface area contributed by atoms with E-state index in [2.05, 4.69) is 46.4 Å². The summed E-state index contributed by atoms with van der Waals surface area (Å²) in [7, 11) is 2.18. The summed E-state index contributed by atoms with van der Waals surface area (Å²) in [5.74, 6) is 2.51. The molecule has 0 amide bonds. The molecule has 1 saturated heterocycles. The number of anilines is 2. The molecule has 0 aromatic carbocycles. The van der Waals surface area contributed by atoms with Crippen molar-refractivity contribution >= 4 is 11.6 Å². The molecule has 0 saturated carbocycles. The summed E-state index contributed by atoms with van der Waals surface area (Å²) in [5, 5.41) is 6.68. The fourth-order valence-electron chi connectivity index (χ4n) is 2.27. The van der Waals surface area contributed by atoms with Gasteiger partial charge in [-0.3, -0.25) is 0 Å². The van der Waals surface area contributed by atoms with Gasteiger partial charge < -0.3 is 15.5 Å². The molecule has 5 nitrogen and oxygen atoms in total. The Bertz CT molecular complexity index is 379. The van der Waals surface area contributed by atoms with Crippen LogP contribution in [0.4, 0.5) is 11.6 Å². The van der Waals surface area contributed by atoms with Crippen molar-refractivity contribution in [3.63, 3.8) is 0 Å². The van der Waals surface area contributed by atoms with Gasteiger partial charge in [0, 0.05) is 25.2 Å². The van der Waals surface area contributed by atoms with Crippen molar-refractivity contribution in [2.24, 2.45) is 5.92 Å². The van der Waals surface area contributed by atoms with Crippen LogP contribution in [0.1, 0.15) is 20.3 Å². The Kier molecular flexibility index (Phi) is 4.36. The van der Waals surface area contributed by atoms with Gasteiger partial charge in [-0.1, -0.05) is 0 Å². The molecule has 1 aromatic heterocycles. The predicted octanol–water partition coefficient (Wildman–Crippen LogP) is 1.66. The van der Waals surface area contributed by atoms with Gasteiger partial charge >= 0.3 is 0 Å². The quantitative estimate of drug-likeness (QED) is 0.831. The molecular weight excluding hydrogens is 226 g/mol.